The van der Waals surface area contributed by atoms with Gasteiger partial charge >= 0.3 is 0 Å². The second-order valence-corrected chi connectivity index (χ2v) is 9.35. The van der Waals surface area contributed by atoms with Crippen LogP contribution >= 0.6 is 0 Å². The Morgan fingerprint density at radius 2 is 1.83 bits per heavy atom. The van der Waals surface area contributed by atoms with E-state index in [0.29, 0.717) is 43.0 Å². The average molecular weight is 420 g/mol. The van der Waals surface area contributed by atoms with Gasteiger partial charge in [0.1, 0.15) is 0 Å². The molecule has 2 aromatic rings. The Bertz CT molecular complexity index is 929. The average Bonchev–Trinajstić information content (AvgIpc) is 3.41. The first-order valence-electron chi connectivity index (χ1n) is 9.89. The number of hydrogen-bond donors (Lipinski definition) is 2. The van der Waals surface area contributed by atoms with Gasteiger partial charge in [-0.15, -0.1) is 0 Å². The predicted molar refractivity (Wildman–Crippen MR) is 112 cm³/mol. The van der Waals surface area contributed by atoms with Crippen LogP contribution < -0.4 is 10.6 Å². The molecule has 0 aliphatic carbocycles. The van der Waals surface area contributed by atoms with Crippen molar-refractivity contribution in [1.29, 1.82) is 0 Å². The molecule has 1 aromatic heterocycles. The summed E-state index contributed by atoms with van der Waals surface area (Å²) in [6, 6.07) is 8.93. The maximum absolute atomic E-state index is 12.6. The molecule has 2 heterocycles. The molecule has 3 rings (SSSR count). The number of hydrogen-bond acceptors (Lipinski definition) is 5. The number of aliphatic imine (C=N–C) groups is 1. The third kappa shape index (κ3) is 5.36. The van der Waals surface area contributed by atoms with Crippen molar-refractivity contribution in [2.24, 2.45) is 4.99 Å². The van der Waals surface area contributed by atoms with Gasteiger partial charge < -0.3 is 15.2 Å². The standard InChI is InChI=1S/C20H29N5O3S/c1-15(2)19-12-17(28-24-19)14-23-20(21-3)22-13-16-6-8-18(9-7-16)29(26,27)25-10-4-5-11-25/h6-9,12,15H,4-5,10-11,13-14H2,1-3H3,(H2,21,22,23). The van der Waals surface area contributed by atoms with E-state index in [1.807, 2.05) is 18.2 Å². The van der Waals surface area contributed by atoms with Gasteiger partial charge in [0.15, 0.2) is 11.7 Å². The molecule has 9 heteroatoms. The molecule has 0 radical (unpaired) electrons. The van der Waals surface area contributed by atoms with E-state index in [4.69, 9.17) is 4.52 Å². The number of sulfonamides is 1. The normalized spacial score (nSPS) is 15.8. The van der Waals surface area contributed by atoms with Gasteiger partial charge in [-0.05, 0) is 36.5 Å². The first kappa shape index (κ1) is 21.3. The Hall–Kier alpha value is -2.39. The third-order valence-corrected chi connectivity index (χ3v) is 6.82. The molecular weight excluding hydrogens is 390 g/mol. The van der Waals surface area contributed by atoms with Crippen molar-refractivity contribution in [3.8, 4) is 0 Å². The largest absolute Gasteiger partial charge is 0.359 e. The zero-order valence-electron chi connectivity index (χ0n) is 17.2. The molecule has 8 nitrogen and oxygen atoms in total. The quantitative estimate of drug-likeness (QED) is 0.528. The van der Waals surface area contributed by atoms with Gasteiger partial charge in [0.05, 0.1) is 17.1 Å². The minimum Gasteiger partial charge on any atom is -0.359 e. The van der Waals surface area contributed by atoms with E-state index >= 15 is 0 Å². The lowest BCUT2D eigenvalue weighted by atomic mass is 10.1. The van der Waals surface area contributed by atoms with Crippen LogP contribution in [0.4, 0.5) is 0 Å². The highest BCUT2D eigenvalue weighted by molar-refractivity contribution is 7.89. The van der Waals surface area contributed by atoms with Crippen LogP contribution in [0.5, 0.6) is 0 Å². The zero-order chi connectivity index (χ0) is 20.9. The maximum atomic E-state index is 12.6. The number of aromatic nitrogens is 1. The summed E-state index contributed by atoms with van der Waals surface area (Å²) in [5, 5.41) is 10.4. The maximum Gasteiger partial charge on any atom is 0.243 e. The molecule has 0 amide bonds. The van der Waals surface area contributed by atoms with Gasteiger partial charge in [0.2, 0.25) is 10.0 Å². The number of rotatable bonds is 7. The van der Waals surface area contributed by atoms with E-state index in [2.05, 4.69) is 34.6 Å². The molecule has 1 fully saturated rings. The summed E-state index contributed by atoms with van der Waals surface area (Å²) in [6.45, 7) is 6.35. The molecule has 1 saturated heterocycles. The second kappa shape index (κ2) is 9.41. The molecule has 0 atom stereocenters. The molecule has 158 valence electrons. The van der Waals surface area contributed by atoms with Crippen LogP contribution in [-0.2, 0) is 23.1 Å². The molecule has 29 heavy (non-hydrogen) atoms. The van der Waals surface area contributed by atoms with E-state index < -0.39 is 10.0 Å². The first-order valence-corrected chi connectivity index (χ1v) is 11.3. The Morgan fingerprint density at radius 3 is 2.41 bits per heavy atom. The van der Waals surface area contributed by atoms with Crippen LogP contribution in [0.15, 0.2) is 44.7 Å². The Labute approximate surface area is 172 Å². The zero-order valence-corrected chi connectivity index (χ0v) is 18.0. The van der Waals surface area contributed by atoms with Crippen LogP contribution in [0.1, 0.15) is 49.6 Å². The molecular formula is C20H29N5O3S. The summed E-state index contributed by atoms with van der Waals surface area (Å²) in [5.41, 5.74) is 1.89. The number of guanidine groups is 1. The Kier molecular flexibility index (Phi) is 6.92. The van der Waals surface area contributed by atoms with Crippen LogP contribution in [-0.4, -0.2) is 44.0 Å². The van der Waals surface area contributed by atoms with Crippen LogP contribution in [0.25, 0.3) is 0 Å². The van der Waals surface area contributed by atoms with Crippen LogP contribution in [0, 0.1) is 0 Å². The molecule has 0 unspecified atom stereocenters. The first-order chi connectivity index (χ1) is 13.9. The fourth-order valence-electron chi connectivity index (χ4n) is 3.12. The summed E-state index contributed by atoms with van der Waals surface area (Å²) in [5.74, 6) is 1.69. The Morgan fingerprint density at radius 1 is 1.17 bits per heavy atom. The molecule has 0 saturated carbocycles. The number of nitrogens with one attached hydrogen (secondary N) is 2. The van der Waals surface area contributed by atoms with Crippen molar-refractivity contribution in [2.75, 3.05) is 20.1 Å². The highest BCUT2D eigenvalue weighted by Gasteiger charge is 2.26. The Balaban J connectivity index is 1.52. The predicted octanol–water partition coefficient (Wildman–Crippen LogP) is 2.45. The van der Waals surface area contributed by atoms with Crippen molar-refractivity contribution >= 4 is 16.0 Å². The van der Waals surface area contributed by atoms with E-state index in [1.54, 1.807) is 23.5 Å². The van der Waals surface area contributed by atoms with Crippen molar-refractivity contribution < 1.29 is 12.9 Å². The van der Waals surface area contributed by atoms with Crippen molar-refractivity contribution in [3.05, 3.63) is 47.3 Å². The lowest BCUT2D eigenvalue weighted by Crippen LogP contribution is -2.36. The molecule has 1 aliphatic rings. The summed E-state index contributed by atoms with van der Waals surface area (Å²) < 4.78 is 32.0. The van der Waals surface area contributed by atoms with Crippen molar-refractivity contribution in [3.63, 3.8) is 0 Å². The van der Waals surface area contributed by atoms with E-state index in [9.17, 15) is 8.42 Å². The minimum absolute atomic E-state index is 0.321. The van der Waals surface area contributed by atoms with Crippen LogP contribution in [0.3, 0.4) is 0 Å². The smallest absolute Gasteiger partial charge is 0.243 e. The number of benzene rings is 1. The summed E-state index contributed by atoms with van der Waals surface area (Å²) in [6.07, 6.45) is 1.86. The van der Waals surface area contributed by atoms with Crippen molar-refractivity contribution in [1.82, 2.24) is 20.1 Å². The monoisotopic (exact) mass is 419 g/mol. The summed E-state index contributed by atoms with van der Waals surface area (Å²) >= 11 is 0. The van der Waals surface area contributed by atoms with Gasteiger partial charge in [-0.1, -0.05) is 31.1 Å². The van der Waals surface area contributed by atoms with E-state index in [-0.39, 0.29) is 0 Å². The lowest BCUT2D eigenvalue weighted by Gasteiger charge is -2.16. The topological polar surface area (TPSA) is 99.8 Å². The van der Waals surface area contributed by atoms with Crippen molar-refractivity contribution in [2.45, 2.75) is 50.6 Å². The lowest BCUT2D eigenvalue weighted by molar-refractivity contribution is 0.372. The molecule has 1 aromatic carbocycles. The third-order valence-electron chi connectivity index (χ3n) is 4.91. The van der Waals surface area contributed by atoms with Gasteiger partial charge in [-0.3, -0.25) is 4.99 Å². The SMILES string of the molecule is CN=C(NCc1ccc(S(=O)(=O)N2CCCC2)cc1)NCc1cc(C(C)C)no1. The molecule has 2 N–H and O–H groups in total. The van der Waals surface area contributed by atoms with Gasteiger partial charge in [0.25, 0.3) is 0 Å². The molecule has 0 bridgehead atoms. The second-order valence-electron chi connectivity index (χ2n) is 7.41. The fourth-order valence-corrected chi connectivity index (χ4v) is 4.64. The molecule has 0 spiro atoms. The minimum atomic E-state index is -3.37. The fraction of sp³-hybridized carbons (Fsp3) is 0.500. The highest BCUT2D eigenvalue weighted by Crippen LogP contribution is 2.21. The van der Waals surface area contributed by atoms with Crippen LogP contribution in [0.2, 0.25) is 0 Å². The summed E-state index contributed by atoms with van der Waals surface area (Å²) in [4.78, 5) is 4.54. The number of nitrogens with zero attached hydrogens (tertiary/aromatic N) is 3. The molecule has 1 aliphatic heterocycles. The summed E-state index contributed by atoms with van der Waals surface area (Å²) in [7, 11) is -1.68. The van der Waals surface area contributed by atoms with E-state index in [0.717, 1.165) is 29.9 Å². The highest BCUT2D eigenvalue weighted by atomic mass is 32.2. The van der Waals surface area contributed by atoms with Gasteiger partial charge in [0, 0.05) is 32.7 Å². The van der Waals surface area contributed by atoms with E-state index in [1.165, 1.54) is 0 Å². The van der Waals surface area contributed by atoms with Gasteiger partial charge in [-0.25, -0.2) is 8.42 Å². The van der Waals surface area contributed by atoms with Gasteiger partial charge in [-0.2, -0.15) is 4.31 Å².